The van der Waals surface area contributed by atoms with E-state index < -0.39 is 42.0 Å². The van der Waals surface area contributed by atoms with Crippen LogP contribution in [-0.4, -0.2) is 127 Å². The normalized spacial score (nSPS) is 18.4. The molecule has 0 saturated carbocycles. The fourth-order valence-electron chi connectivity index (χ4n) is 9.30. The van der Waals surface area contributed by atoms with Gasteiger partial charge in [-0.2, -0.15) is 0 Å². The predicted octanol–water partition coefficient (Wildman–Crippen LogP) is 7.15. The number of rotatable bonds is 29. The molecular weight excluding hydrogens is 763 g/mol. The average molecular weight is 842 g/mol. The van der Waals surface area contributed by atoms with Crippen molar-refractivity contribution in [3.05, 3.63) is 35.9 Å². The summed E-state index contributed by atoms with van der Waals surface area (Å²) >= 11 is 0. The van der Waals surface area contributed by atoms with Gasteiger partial charge in [0, 0.05) is 58.9 Å². The minimum Gasteiger partial charge on any atom is -0.481 e. The minimum absolute atomic E-state index is 0.00840. The molecule has 2 amide bonds. The van der Waals surface area contributed by atoms with Crippen LogP contribution < -0.4 is 0 Å². The first-order valence-corrected chi connectivity index (χ1v) is 22.4. The molecule has 1 aromatic rings. The first-order valence-electron chi connectivity index (χ1n) is 22.4. The number of likely N-dealkylation sites (N-methyl/N-ethyl adjacent to an activating group) is 2. The van der Waals surface area contributed by atoms with Crippen LogP contribution in [0.1, 0.15) is 125 Å². The van der Waals surface area contributed by atoms with Crippen molar-refractivity contribution in [3.63, 3.8) is 0 Å². The lowest BCUT2D eigenvalue weighted by Crippen LogP contribution is -2.54. The average Bonchev–Trinajstić information content (AvgIpc) is 3.68. The zero-order valence-electron chi connectivity index (χ0n) is 39.0. The van der Waals surface area contributed by atoms with Crippen LogP contribution in [0.5, 0.6) is 0 Å². The van der Waals surface area contributed by atoms with Crippen molar-refractivity contribution >= 4 is 35.1 Å². The Bertz CT molecular complexity index is 1520. The Hall–Kier alpha value is -3.48. The van der Waals surface area contributed by atoms with E-state index in [0.29, 0.717) is 19.4 Å². The van der Waals surface area contributed by atoms with Crippen molar-refractivity contribution in [2.45, 2.75) is 156 Å². The molecule has 1 N–H and O–H groups in total. The fraction of sp³-hybridized carbons (Fsp3) is 0.750. The summed E-state index contributed by atoms with van der Waals surface area (Å²) in [5.41, 5.74) is 0.846. The van der Waals surface area contributed by atoms with Gasteiger partial charge in [-0.15, -0.1) is 0 Å². The number of ether oxygens (including phenoxy) is 2. The van der Waals surface area contributed by atoms with E-state index in [2.05, 4.69) is 11.8 Å². The fourth-order valence-corrected chi connectivity index (χ4v) is 9.30. The zero-order valence-corrected chi connectivity index (χ0v) is 39.0. The summed E-state index contributed by atoms with van der Waals surface area (Å²) in [4.78, 5) is 85.7. The summed E-state index contributed by atoms with van der Waals surface area (Å²) in [6.45, 7) is 16.7. The number of methoxy groups -OCH3 is 2. The maximum absolute atomic E-state index is 14.5. The summed E-state index contributed by atoms with van der Waals surface area (Å²) in [6.07, 6.45) is 4.23. The molecule has 1 aliphatic heterocycles. The van der Waals surface area contributed by atoms with E-state index in [1.807, 2.05) is 72.0 Å². The highest BCUT2D eigenvalue weighted by Gasteiger charge is 2.43. The van der Waals surface area contributed by atoms with Gasteiger partial charge in [-0.1, -0.05) is 91.6 Å². The summed E-state index contributed by atoms with van der Waals surface area (Å²) in [5, 5.41) is 9.98. The third kappa shape index (κ3) is 15.5. The molecular formula is C48H79N3O9. The maximum atomic E-state index is 14.5. The number of carboxylic acid groups (broad SMARTS) is 1. The molecule has 0 spiro atoms. The van der Waals surface area contributed by atoms with Crippen LogP contribution in [0.2, 0.25) is 0 Å². The Balaban J connectivity index is 2.24. The molecule has 12 heteroatoms. The number of carbonyl (C=O) groups is 6. The molecule has 0 unspecified atom stereocenters. The van der Waals surface area contributed by atoms with E-state index in [4.69, 9.17) is 9.47 Å². The number of ketones is 3. The summed E-state index contributed by atoms with van der Waals surface area (Å²) in [7, 11) is 6.82. The van der Waals surface area contributed by atoms with Gasteiger partial charge in [-0.25, -0.2) is 0 Å². The Morgan fingerprint density at radius 1 is 0.850 bits per heavy atom. The van der Waals surface area contributed by atoms with E-state index in [1.54, 1.807) is 37.8 Å². The lowest BCUT2D eigenvalue weighted by Gasteiger charge is -2.41. The van der Waals surface area contributed by atoms with Gasteiger partial charge in [-0.05, 0) is 75.9 Å². The number of aliphatic carboxylic acids is 1. The molecule has 0 aliphatic carbocycles. The number of carbonyl (C=O) groups excluding carboxylic acids is 5. The van der Waals surface area contributed by atoms with Crippen LogP contribution in [0.25, 0.3) is 0 Å². The number of Topliss-reactive ketones (excluding diaryl/α,β-unsaturated/α-hetero) is 3. The first-order chi connectivity index (χ1) is 28.3. The van der Waals surface area contributed by atoms with E-state index >= 15 is 0 Å². The Kier molecular flexibility index (Phi) is 22.9. The highest BCUT2D eigenvalue weighted by molar-refractivity contribution is 5.90. The second kappa shape index (κ2) is 26.1. The number of hydrogen-bond donors (Lipinski definition) is 1. The van der Waals surface area contributed by atoms with E-state index in [-0.39, 0.29) is 84.7 Å². The van der Waals surface area contributed by atoms with Crippen molar-refractivity contribution < 1.29 is 43.3 Å². The molecule has 1 fully saturated rings. The van der Waals surface area contributed by atoms with Gasteiger partial charge in [0.15, 0.2) is 5.78 Å². The van der Waals surface area contributed by atoms with E-state index in [9.17, 15) is 33.9 Å². The Morgan fingerprint density at radius 3 is 2.03 bits per heavy atom. The SMILES string of the molecule is CC[C@H](C)[C@@H]([C@@H](CC(=O)N1CCC[C@H]1[C@H](OC)[C@@H](C)C(=O)C[C@@H](Cc1ccccc1)C(=O)O)OC)N(C)C(=O)[C@@H](CC(=O)[C@H](C(C)C)N(C)CCCCCC(C)=O)C(C)C. The van der Waals surface area contributed by atoms with Crippen molar-refractivity contribution in [2.75, 3.05) is 41.4 Å². The summed E-state index contributed by atoms with van der Waals surface area (Å²) < 4.78 is 12.0. The lowest BCUT2D eigenvalue weighted by molar-refractivity contribution is -0.149. The second-order valence-electron chi connectivity index (χ2n) is 18.2. The molecule has 0 radical (unpaired) electrons. The molecule has 60 heavy (non-hydrogen) atoms. The molecule has 1 heterocycles. The van der Waals surface area contributed by atoms with Crippen LogP contribution in [0.4, 0.5) is 0 Å². The molecule has 1 saturated heterocycles. The standard InChI is InChI=1S/C48H79N3O9/c1-13-33(6)45(50(10)47(56)38(31(2)3)29-41(54)44(32(4)5)49(9)25-19-15-16-21-34(7)52)42(59-11)30-43(55)51-26-20-24-39(51)46(60-12)35(8)40(53)28-37(48(57)58)27-36-22-17-14-18-23-36/h14,17-18,22-23,31-33,35,37-39,42,44-46H,13,15-16,19-21,24-30H2,1-12H3,(H,57,58)/t33-,35-,37+,38-,39-,42+,44-,45-,46+/m0/s1. The van der Waals surface area contributed by atoms with Gasteiger partial charge >= 0.3 is 5.97 Å². The second-order valence-corrected chi connectivity index (χ2v) is 18.2. The third-order valence-corrected chi connectivity index (χ3v) is 13.0. The molecule has 2 rings (SSSR count). The highest BCUT2D eigenvalue weighted by Crippen LogP contribution is 2.32. The number of unbranched alkanes of at least 4 members (excludes halogenated alkanes) is 2. The van der Waals surface area contributed by atoms with Crippen molar-refractivity contribution in [3.8, 4) is 0 Å². The topological polar surface area (TPSA) is 151 Å². The molecule has 12 nitrogen and oxygen atoms in total. The summed E-state index contributed by atoms with van der Waals surface area (Å²) in [5.74, 6) is -3.53. The van der Waals surface area contributed by atoms with E-state index in [0.717, 1.165) is 44.2 Å². The number of amides is 2. The molecule has 1 aliphatic rings. The van der Waals surface area contributed by atoms with Crippen molar-refractivity contribution in [1.82, 2.24) is 14.7 Å². The minimum atomic E-state index is -1.03. The van der Waals surface area contributed by atoms with Gasteiger partial charge in [0.1, 0.15) is 11.6 Å². The number of carboxylic acids is 1. The number of hydrogen-bond acceptors (Lipinski definition) is 9. The largest absolute Gasteiger partial charge is 0.481 e. The number of likely N-dealkylation sites (tertiary alicyclic amines) is 1. The Labute approximate surface area is 361 Å². The van der Waals surface area contributed by atoms with Crippen LogP contribution in [0.15, 0.2) is 30.3 Å². The quantitative estimate of drug-likeness (QED) is 0.0825. The summed E-state index contributed by atoms with van der Waals surface area (Å²) in [6, 6.07) is 8.08. The first kappa shape index (κ1) is 52.7. The van der Waals surface area contributed by atoms with Gasteiger partial charge in [-0.3, -0.25) is 28.9 Å². The van der Waals surface area contributed by atoms with Crippen LogP contribution in [0.3, 0.4) is 0 Å². The third-order valence-electron chi connectivity index (χ3n) is 13.0. The Morgan fingerprint density at radius 2 is 1.50 bits per heavy atom. The van der Waals surface area contributed by atoms with Crippen molar-refractivity contribution in [2.24, 2.45) is 35.5 Å². The smallest absolute Gasteiger partial charge is 0.307 e. The monoisotopic (exact) mass is 842 g/mol. The van der Waals surface area contributed by atoms with Gasteiger partial charge in [0.05, 0.1) is 42.7 Å². The number of nitrogens with zero attached hydrogens (tertiary/aromatic N) is 3. The van der Waals surface area contributed by atoms with Crippen LogP contribution in [0, 0.1) is 35.5 Å². The molecule has 0 bridgehead atoms. The maximum Gasteiger partial charge on any atom is 0.307 e. The van der Waals surface area contributed by atoms with Gasteiger partial charge in [0.2, 0.25) is 11.8 Å². The van der Waals surface area contributed by atoms with Crippen LogP contribution >= 0.6 is 0 Å². The molecule has 1 aromatic carbocycles. The number of benzene rings is 1. The van der Waals surface area contributed by atoms with Gasteiger partial charge < -0.3 is 29.2 Å². The zero-order chi connectivity index (χ0) is 45.3. The highest BCUT2D eigenvalue weighted by atomic mass is 16.5. The molecule has 9 atom stereocenters. The van der Waals surface area contributed by atoms with Gasteiger partial charge in [0.25, 0.3) is 0 Å². The van der Waals surface area contributed by atoms with Crippen molar-refractivity contribution in [1.29, 1.82) is 0 Å². The van der Waals surface area contributed by atoms with Crippen LogP contribution in [-0.2, 0) is 44.7 Å². The predicted molar refractivity (Wildman–Crippen MR) is 235 cm³/mol. The molecule has 0 aromatic heterocycles. The lowest BCUT2D eigenvalue weighted by atomic mass is 9.83. The van der Waals surface area contributed by atoms with E-state index in [1.165, 1.54) is 7.11 Å². The molecule has 340 valence electrons.